The fourth-order valence-electron chi connectivity index (χ4n) is 9.36. The van der Waals surface area contributed by atoms with Gasteiger partial charge in [-0.2, -0.15) is 0 Å². The van der Waals surface area contributed by atoms with Crippen molar-refractivity contribution >= 4 is 46.2 Å². The molecule has 7 rings (SSSR count). The molecule has 6 aliphatic rings. The van der Waals surface area contributed by atoms with Gasteiger partial charge in [0, 0.05) is 66.6 Å². The second-order valence-electron chi connectivity index (χ2n) is 17.1. The van der Waals surface area contributed by atoms with E-state index in [4.69, 9.17) is 9.73 Å². The van der Waals surface area contributed by atoms with Crippen LogP contribution in [0.5, 0.6) is 0 Å². The molecule has 0 radical (unpaired) electrons. The minimum absolute atomic E-state index is 0.107. The zero-order valence-electron chi connectivity index (χ0n) is 34.2. The maximum absolute atomic E-state index is 14.7. The lowest BCUT2D eigenvalue weighted by molar-refractivity contribution is -0.154. The molecule has 1 atom stereocenters. The standard InChI is InChI=1S/C46H60N4O6/c1-6-9-15-28(7-2)44(54)48-39-32-19-13-24-50-22-11-17-30(41(32)50)27-34(39)37-42(52)36(43(37)53)33-26-29-16-10-21-49-23-12-18-31(40(29)49)38(33)47-35(51)20-14-25-56-45(55)46(4,5)8-3/h26-28,52H,6-25H2,1-5H3,(H,47,51). The van der Waals surface area contributed by atoms with E-state index in [1.54, 1.807) is 0 Å². The first-order valence-corrected chi connectivity index (χ1v) is 21.4. The van der Waals surface area contributed by atoms with Gasteiger partial charge in [-0.25, -0.2) is 4.99 Å². The Labute approximate surface area is 332 Å². The van der Waals surface area contributed by atoms with Gasteiger partial charge in [0.15, 0.2) is 0 Å². The van der Waals surface area contributed by atoms with Crippen LogP contribution in [0, 0.1) is 11.3 Å². The molecule has 10 heteroatoms. The van der Waals surface area contributed by atoms with E-state index < -0.39 is 5.41 Å². The van der Waals surface area contributed by atoms with Gasteiger partial charge >= 0.3 is 5.97 Å². The lowest BCUT2D eigenvalue weighted by Crippen LogP contribution is -2.39. The Morgan fingerprint density at radius 1 is 0.946 bits per heavy atom. The number of aliphatic hydroxyl groups excluding tert-OH is 1. The van der Waals surface area contributed by atoms with Crippen LogP contribution in [0.2, 0.25) is 0 Å². The summed E-state index contributed by atoms with van der Waals surface area (Å²) >= 11 is 0. The number of ether oxygens (including phenoxy) is 1. The van der Waals surface area contributed by atoms with Crippen molar-refractivity contribution in [2.24, 2.45) is 16.3 Å². The monoisotopic (exact) mass is 764 g/mol. The molecular formula is C46H60N4O6. The molecule has 1 unspecified atom stereocenters. The Balaban J connectivity index is 1.28. The van der Waals surface area contributed by atoms with Crippen LogP contribution < -0.4 is 10.2 Å². The van der Waals surface area contributed by atoms with Crippen molar-refractivity contribution < 1.29 is 29.0 Å². The molecule has 300 valence electrons. The number of aliphatic imine (C=N–C) groups is 1. The molecule has 4 heterocycles. The first-order valence-electron chi connectivity index (χ1n) is 21.4. The van der Waals surface area contributed by atoms with E-state index >= 15 is 0 Å². The number of hydrogen-bond acceptors (Lipinski definition) is 8. The number of carbonyl (C=O) groups excluding carboxylic acids is 4. The zero-order chi connectivity index (χ0) is 39.7. The molecule has 1 saturated heterocycles. The Morgan fingerprint density at radius 2 is 1.66 bits per heavy atom. The summed E-state index contributed by atoms with van der Waals surface area (Å²) in [5, 5.41) is 15.3. The van der Waals surface area contributed by atoms with Crippen LogP contribution in [-0.2, 0) is 36.8 Å². The van der Waals surface area contributed by atoms with Crippen LogP contribution in [0.4, 0.5) is 11.4 Å². The summed E-state index contributed by atoms with van der Waals surface area (Å²) in [4.78, 5) is 64.3. The van der Waals surface area contributed by atoms with Gasteiger partial charge in [0.2, 0.25) is 17.6 Å². The second kappa shape index (κ2) is 16.6. The molecule has 0 bridgehead atoms. The molecule has 10 nitrogen and oxygen atoms in total. The predicted octanol–water partition coefficient (Wildman–Crippen LogP) is 8.50. The van der Waals surface area contributed by atoms with Gasteiger partial charge in [0.25, 0.3) is 0 Å². The molecule has 0 saturated carbocycles. The maximum Gasteiger partial charge on any atom is 0.311 e. The van der Waals surface area contributed by atoms with Gasteiger partial charge in [-0.15, -0.1) is 0 Å². The Hall–Kier alpha value is -4.47. The van der Waals surface area contributed by atoms with Gasteiger partial charge < -0.3 is 25.0 Å². The van der Waals surface area contributed by atoms with Crippen molar-refractivity contribution in [2.75, 3.05) is 43.0 Å². The summed E-state index contributed by atoms with van der Waals surface area (Å²) in [6, 6.07) is 2.00. The highest BCUT2D eigenvalue weighted by Crippen LogP contribution is 2.50. The molecule has 0 spiro atoms. The number of allylic oxidation sites excluding steroid dienone is 6. The van der Waals surface area contributed by atoms with Crippen molar-refractivity contribution in [1.82, 2.24) is 4.90 Å². The summed E-state index contributed by atoms with van der Waals surface area (Å²) < 4.78 is 5.50. The predicted molar refractivity (Wildman–Crippen MR) is 221 cm³/mol. The molecule has 2 N–H and O–H groups in total. The van der Waals surface area contributed by atoms with Crippen molar-refractivity contribution in [3.05, 3.63) is 62.6 Å². The van der Waals surface area contributed by atoms with Crippen LogP contribution in [-0.4, -0.2) is 72.1 Å². The number of anilines is 2. The highest BCUT2D eigenvalue weighted by atomic mass is 16.5. The summed E-state index contributed by atoms with van der Waals surface area (Å²) in [6.07, 6.45) is 13.7. The number of benzene rings is 1. The van der Waals surface area contributed by atoms with Gasteiger partial charge in [0.1, 0.15) is 5.76 Å². The maximum atomic E-state index is 14.7. The number of nitrogens with zero attached hydrogens (tertiary/aromatic N) is 3. The van der Waals surface area contributed by atoms with Gasteiger partial charge in [-0.1, -0.05) is 33.6 Å². The van der Waals surface area contributed by atoms with Crippen LogP contribution in [0.25, 0.3) is 5.57 Å². The van der Waals surface area contributed by atoms with E-state index in [0.717, 1.165) is 130 Å². The third-order valence-corrected chi connectivity index (χ3v) is 12.9. The number of carbonyl (C=O) groups is 4. The summed E-state index contributed by atoms with van der Waals surface area (Å²) in [6.45, 7) is 13.7. The average Bonchev–Trinajstić information content (AvgIpc) is 3.19. The highest BCUT2D eigenvalue weighted by molar-refractivity contribution is 6.42. The number of aryl methyl sites for hydroxylation is 1. The number of rotatable bonds is 13. The number of ketones is 1. The van der Waals surface area contributed by atoms with E-state index in [1.165, 1.54) is 0 Å². The fraction of sp³-hybridized carbons (Fsp3) is 0.587. The minimum Gasteiger partial charge on any atom is -0.506 e. The van der Waals surface area contributed by atoms with Crippen LogP contribution >= 0.6 is 0 Å². The molecule has 4 aliphatic heterocycles. The van der Waals surface area contributed by atoms with Gasteiger partial charge in [-0.3, -0.25) is 19.2 Å². The molecule has 2 amide bonds. The fourth-order valence-corrected chi connectivity index (χ4v) is 9.36. The van der Waals surface area contributed by atoms with E-state index in [9.17, 15) is 24.3 Å². The first kappa shape index (κ1) is 39.8. The first-order chi connectivity index (χ1) is 27.0. The molecule has 0 aromatic heterocycles. The van der Waals surface area contributed by atoms with Gasteiger partial charge in [-0.05, 0) is 120 Å². The van der Waals surface area contributed by atoms with Crippen molar-refractivity contribution in [3.63, 3.8) is 0 Å². The Bertz CT molecular complexity index is 1980. The number of esters is 1. The van der Waals surface area contributed by atoms with Crippen molar-refractivity contribution in [1.29, 1.82) is 0 Å². The second-order valence-corrected chi connectivity index (χ2v) is 17.1. The van der Waals surface area contributed by atoms with E-state index in [1.807, 2.05) is 39.8 Å². The van der Waals surface area contributed by atoms with Crippen LogP contribution in [0.1, 0.15) is 135 Å². The number of unbranched alkanes of at least 4 members (excludes halogenated alkanes) is 1. The normalized spacial score (nSPS) is 21.7. The number of aliphatic hydroxyl groups is 1. The Morgan fingerprint density at radius 3 is 2.38 bits per heavy atom. The number of hydrogen-bond donors (Lipinski definition) is 2. The number of amides is 2. The number of piperidine rings is 1. The molecule has 56 heavy (non-hydrogen) atoms. The topological polar surface area (TPSA) is 129 Å². The summed E-state index contributed by atoms with van der Waals surface area (Å²) in [5.41, 5.74) is 8.62. The summed E-state index contributed by atoms with van der Waals surface area (Å²) in [7, 11) is 0. The number of nitrogens with one attached hydrogen (secondary N) is 1. The highest BCUT2D eigenvalue weighted by Gasteiger charge is 2.44. The molecule has 1 aromatic carbocycles. The van der Waals surface area contributed by atoms with E-state index in [0.29, 0.717) is 41.8 Å². The van der Waals surface area contributed by atoms with E-state index in [-0.39, 0.29) is 59.4 Å². The number of Topliss-reactive ketones (excluding diaryl/α,β-unsaturated/α-hetero) is 1. The Kier molecular flexibility index (Phi) is 11.8. The third kappa shape index (κ3) is 7.40. The van der Waals surface area contributed by atoms with Crippen LogP contribution in [0.15, 0.2) is 50.9 Å². The van der Waals surface area contributed by atoms with E-state index in [2.05, 4.69) is 22.0 Å². The third-order valence-electron chi connectivity index (χ3n) is 12.9. The van der Waals surface area contributed by atoms with Crippen LogP contribution in [0.3, 0.4) is 0 Å². The zero-order valence-corrected chi connectivity index (χ0v) is 34.2. The molecule has 2 aliphatic carbocycles. The lowest BCUT2D eigenvalue weighted by atomic mass is 9.73. The van der Waals surface area contributed by atoms with Crippen molar-refractivity contribution in [3.8, 4) is 0 Å². The summed E-state index contributed by atoms with van der Waals surface area (Å²) in [5.74, 6) is -1.26. The SMILES string of the molecule is CCCCC(CC)C(=O)N=C1C(=C2C(=O)C(c3cc4c5c(c3NC(=O)CCCOC(=O)C(C)(C)CC)CCCN5CCC4)=C2O)C=C2CCCN3CCCC1=C23. The molecule has 1 aromatic rings. The quantitative estimate of drug-likeness (QED) is 0.116. The lowest BCUT2D eigenvalue weighted by Gasteiger charge is -2.42. The average molecular weight is 765 g/mol. The van der Waals surface area contributed by atoms with Gasteiger partial charge in [0.05, 0.1) is 34.6 Å². The van der Waals surface area contributed by atoms with Crippen molar-refractivity contribution in [2.45, 2.75) is 131 Å². The smallest absolute Gasteiger partial charge is 0.311 e. The molecule has 1 fully saturated rings. The largest absolute Gasteiger partial charge is 0.506 e. The minimum atomic E-state index is -0.580. The molecular weight excluding hydrogens is 705 g/mol.